The van der Waals surface area contributed by atoms with Gasteiger partial charge in [0.25, 0.3) is 0 Å². The highest BCUT2D eigenvalue weighted by Gasteiger charge is 2.37. The lowest BCUT2D eigenvalue weighted by molar-refractivity contribution is -0.144. The van der Waals surface area contributed by atoms with E-state index in [-0.39, 0.29) is 35.0 Å². The summed E-state index contributed by atoms with van der Waals surface area (Å²) in [6.07, 6.45) is 0.354. The zero-order valence-corrected chi connectivity index (χ0v) is 16.9. The third-order valence-electron chi connectivity index (χ3n) is 4.47. The highest BCUT2D eigenvalue weighted by Crippen LogP contribution is 2.30. The van der Waals surface area contributed by atoms with Gasteiger partial charge in [0.2, 0.25) is 10.0 Å². The summed E-state index contributed by atoms with van der Waals surface area (Å²) in [5, 5.41) is 0. The molecule has 1 saturated heterocycles. The number of hydrogen-bond acceptors (Lipinski definition) is 8. The van der Waals surface area contributed by atoms with Crippen LogP contribution in [-0.2, 0) is 29.4 Å². The number of sulfonamides is 1. The van der Waals surface area contributed by atoms with E-state index in [0.717, 1.165) is 7.11 Å². The van der Waals surface area contributed by atoms with E-state index >= 15 is 0 Å². The molecule has 1 N–H and O–H groups in total. The third-order valence-corrected chi connectivity index (χ3v) is 7.63. The maximum atomic E-state index is 12.8. The summed E-state index contributed by atoms with van der Waals surface area (Å²) in [6.45, 7) is 0. The van der Waals surface area contributed by atoms with E-state index in [9.17, 15) is 21.6 Å². The van der Waals surface area contributed by atoms with Gasteiger partial charge in [0.15, 0.2) is 11.5 Å². The minimum Gasteiger partial charge on any atom is -0.493 e. The van der Waals surface area contributed by atoms with Gasteiger partial charge >= 0.3 is 5.97 Å². The summed E-state index contributed by atoms with van der Waals surface area (Å²) in [5.41, 5.74) is 0. The standard InChI is InChI=1S/C16H23NO8S2/c1-23-13-5-4-12(10-14(13)24-2)27(21,22)17-15(16(18)25-3)11-6-8-26(19,20)9-7-11/h4-5,10-11,15,17H,6-9H2,1-3H3. The summed E-state index contributed by atoms with van der Waals surface area (Å²) in [4.78, 5) is 12.0. The van der Waals surface area contributed by atoms with Crippen molar-refractivity contribution >= 4 is 25.8 Å². The first-order valence-electron chi connectivity index (χ1n) is 8.16. The van der Waals surface area contributed by atoms with Crippen LogP contribution in [0.15, 0.2) is 23.1 Å². The molecule has 1 atom stereocenters. The van der Waals surface area contributed by atoms with Gasteiger partial charge < -0.3 is 14.2 Å². The molecule has 9 nitrogen and oxygen atoms in total. The van der Waals surface area contributed by atoms with Crippen LogP contribution in [0.3, 0.4) is 0 Å². The quantitative estimate of drug-likeness (QED) is 0.625. The first-order chi connectivity index (χ1) is 12.6. The Morgan fingerprint density at radius 2 is 1.70 bits per heavy atom. The SMILES string of the molecule is COC(=O)C(NS(=O)(=O)c1ccc(OC)c(OC)c1)C1CCS(=O)(=O)CC1. The van der Waals surface area contributed by atoms with E-state index in [4.69, 9.17) is 14.2 Å². The smallest absolute Gasteiger partial charge is 0.324 e. The molecule has 0 bridgehead atoms. The monoisotopic (exact) mass is 421 g/mol. The minimum absolute atomic E-state index is 0.0940. The van der Waals surface area contributed by atoms with Crippen LogP contribution in [0.2, 0.25) is 0 Å². The van der Waals surface area contributed by atoms with E-state index in [2.05, 4.69) is 4.72 Å². The van der Waals surface area contributed by atoms with E-state index in [1.54, 1.807) is 0 Å². The van der Waals surface area contributed by atoms with Crippen LogP contribution in [0.5, 0.6) is 11.5 Å². The topological polar surface area (TPSA) is 125 Å². The Balaban J connectivity index is 2.29. The number of rotatable bonds is 7. The molecule has 1 unspecified atom stereocenters. The number of ether oxygens (including phenoxy) is 3. The summed E-state index contributed by atoms with van der Waals surface area (Å²) in [5.74, 6) is -0.844. The van der Waals surface area contributed by atoms with Crippen LogP contribution in [0.4, 0.5) is 0 Å². The molecule has 152 valence electrons. The highest BCUT2D eigenvalue weighted by atomic mass is 32.2. The molecule has 1 aliphatic rings. The van der Waals surface area contributed by atoms with Gasteiger partial charge in [0, 0.05) is 6.07 Å². The molecule has 11 heteroatoms. The lowest BCUT2D eigenvalue weighted by Crippen LogP contribution is -2.48. The molecule has 0 aromatic heterocycles. The number of methoxy groups -OCH3 is 3. The highest BCUT2D eigenvalue weighted by molar-refractivity contribution is 7.91. The molecule has 2 rings (SSSR count). The second kappa shape index (κ2) is 8.44. The third kappa shape index (κ3) is 5.11. The molecule has 0 spiro atoms. The van der Waals surface area contributed by atoms with Gasteiger partial charge in [0.1, 0.15) is 15.9 Å². The van der Waals surface area contributed by atoms with Crippen LogP contribution >= 0.6 is 0 Å². The van der Waals surface area contributed by atoms with Crippen LogP contribution in [0.25, 0.3) is 0 Å². The molecule has 1 aromatic carbocycles. The Bertz CT molecular complexity index is 881. The molecule has 1 heterocycles. The lowest BCUT2D eigenvalue weighted by atomic mass is 9.94. The van der Waals surface area contributed by atoms with Gasteiger partial charge in [-0.25, -0.2) is 16.8 Å². The Kier molecular flexibility index (Phi) is 6.71. The van der Waals surface area contributed by atoms with Gasteiger partial charge in [-0.05, 0) is 30.9 Å². The van der Waals surface area contributed by atoms with E-state index in [0.29, 0.717) is 5.75 Å². The van der Waals surface area contributed by atoms with Crippen molar-refractivity contribution in [2.45, 2.75) is 23.8 Å². The lowest BCUT2D eigenvalue weighted by Gasteiger charge is -2.28. The Morgan fingerprint density at radius 3 is 2.22 bits per heavy atom. The van der Waals surface area contributed by atoms with Gasteiger partial charge in [-0.1, -0.05) is 0 Å². The average Bonchev–Trinajstić information content (AvgIpc) is 2.65. The van der Waals surface area contributed by atoms with Crippen molar-refractivity contribution in [3.8, 4) is 11.5 Å². The number of benzene rings is 1. The molecular formula is C16H23NO8S2. The molecule has 0 aliphatic carbocycles. The molecule has 1 aliphatic heterocycles. The van der Waals surface area contributed by atoms with Gasteiger partial charge in [-0.3, -0.25) is 4.79 Å². The maximum Gasteiger partial charge on any atom is 0.324 e. The predicted molar refractivity (Wildman–Crippen MR) is 97.0 cm³/mol. The van der Waals surface area contributed by atoms with Crippen LogP contribution in [0, 0.1) is 5.92 Å². The van der Waals surface area contributed by atoms with E-state index in [1.807, 2.05) is 0 Å². The van der Waals surface area contributed by atoms with Gasteiger partial charge in [0.05, 0.1) is 37.7 Å². The van der Waals surface area contributed by atoms with Crippen molar-refractivity contribution in [1.82, 2.24) is 4.72 Å². The number of esters is 1. The van der Waals surface area contributed by atoms with Crippen LogP contribution in [-0.4, -0.2) is 61.7 Å². The Labute approximate surface area is 159 Å². The fourth-order valence-corrected chi connectivity index (χ4v) is 5.72. The Morgan fingerprint density at radius 1 is 1.11 bits per heavy atom. The molecule has 0 amide bonds. The van der Waals surface area contributed by atoms with Crippen molar-refractivity contribution in [2.24, 2.45) is 5.92 Å². The van der Waals surface area contributed by atoms with Crippen molar-refractivity contribution in [1.29, 1.82) is 0 Å². The largest absolute Gasteiger partial charge is 0.493 e. The molecule has 1 aromatic rings. The minimum atomic E-state index is -4.09. The van der Waals surface area contributed by atoms with E-state index in [1.165, 1.54) is 32.4 Å². The first-order valence-corrected chi connectivity index (χ1v) is 11.5. The fraction of sp³-hybridized carbons (Fsp3) is 0.562. The van der Waals surface area contributed by atoms with Gasteiger partial charge in [-0.2, -0.15) is 4.72 Å². The molecule has 0 saturated carbocycles. The van der Waals surface area contributed by atoms with Crippen LogP contribution < -0.4 is 14.2 Å². The first kappa shape index (κ1) is 21.5. The second-order valence-electron chi connectivity index (χ2n) is 6.13. The molecule has 0 radical (unpaired) electrons. The summed E-state index contributed by atoms with van der Waals surface area (Å²) in [7, 11) is -3.29. The molecule has 1 fully saturated rings. The van der Waals surface area contributed by atoms with E-state index < -0.39 is 37.8 Å². The zero-order chi connectivity index (χ0) is 20.2. The Hall–Kier alpha value is -1.85. The number of carbonyl (C=O) groups excluding carboxylic acids is 1. The number of carbonyl (C=O) groups is 1. The average molecular weight is 421 g/mol. The van der Waals surface area contributed by atoms with Crippen LogP contribution in [0.1, 0.15) is 12.8 Å². The predicted octanol–water partition coefficient (Wildman–Crippen LogP) is 0.349. The van der Waals surface area contributed by atoms with Gasteiger partial charge in [-0.15, -0.1) is 0 Å². The van der Waals surface area contributed by atoms with Crippen molar-refractivity contribution < 1.29 is 35.8 Å². The number of nitrogens with one attached hydrogen (secondary N) is 1. The zero-order valence-electron chi connectivity index (χ0n) is 15.3. The van der Waals surface area contributed by atoms with Crippen molar-refractivity contribution in [3.63, 3.8) is 0 Å². The maximum absolute atomic E-state index is 12.8. The number of hydrogen-bond donors (Lipinski definition) is 1. The second-order valence-corrected chi connectivity index (χ2v) is 10.1. The van der Waals surface area contributed by atoms with Crippen molar-refractivity contribution in [3.05, 3.63) is 18.2 Å². The van der Waals surface area contributed by atoms with Crippen molar-refractivity contribution in [2.75, 3.05) is 32.8 Å². The molecule has 27 heavy (non-hydrogen) atoms. The summed E-state index contributed by atoms with van der Waals surface area (Å²) >= 11 is 0. The molecular weight excluding hydrogens is 398 g/mol. The summed E-state index contributed by atoms with van der Waals surface area (Å²) < 4.78 is 66.0. The number of sulfone groups is 1. The fourth-order valence-electron chi connectivity index (χ4n) is 2.92. The summed E-state index contributed by atoms with van der Waals surface area (Å²) in [6, 6.07) is 2.86. The normalized spacial score (nSPS) is 18.5.